The highest BCUT2D eigenvalue weighted by atomic mass is 19.1. The largest absolute Gasteiger partial charge is 0.473 e. The van der Waals surface area contributed by atoms with E-state index in [1.54, 1.807) is 31.9 Å². The van der Waals surface area contributed by atoms with Crippen LogP contribution in [0.3, 0.4) is 0 Å². The fourth-order valence-electron chi connectivity index (χ4n) is 4.52. The normalized spacial score (nSPS) is 20.2. The molecule has 32 heavy (non-hydrogen) atoms. The van der Waals surface area contributed by atoms with Crippen LogP contribution in [0.25, 0.3) is 0 Å². The summed E-state index contributed by atoms with van der Waals surface area (Å²) >= 11 is 0. The number of halogens is 1. The summed E-state index contributed by atoms with van der Waals surface area (Å²) in [4.78, 5) is 30.0. The molecule has 0 bridgehead atoms. The second-order valence-corrected chi connectivity index (χ2v) is 9.38. The summed E-state index contributed by atoms with van der Waals surface area (Å²) in [7, 11) is 1.63. The van der Waals surface area contributed by atoms with Gasteiger partial charge in [-0.05, 0) is 72.1 Å². The molecule has 8 heteroatoms. The maximum Gasteiger partial charge on any atom is 0.270 e. The Morgan fingerprint density at radius 2 is 2.12 bits per heavy atom. The summed E-state index contributed by atoms with van der Waals surface area (Å²) in [6.07, 6.45) is 3.37. The maximum atomic E-state index is 15.2. The summed E-state index contributed by atoms with van der Waals surface area (Å²) in [5.41, 5.74) is -0.627. The quantitative estimate of drug-likeness (QED) is 0.617. The third-order valence-corrected chi connectivity index (χ3v) is 6.11. The Morgan fingerprint density at radius 1 is 1.38 bits per heavy atom. The van der Waals surface area contributed by atoms with E-state index in [9.17, 15) is 9.59 Å². The van der Waals surface area contributed by atoms with Gasteiger partial charge in [0, 0.05) is 44.5 Å². The van der Waals surface area contributed by atoms with Crippen LogP contribution in [0.4, 0.5) is 10.1 Å². The molecule has 0 saturated carbocycles. The van der Waals surface area contributed by atoms with Crippen LogP contribution in [-0.4, -0.2) is 67.7 Å². The zero-order valence-electron chi connectivity index (χ0n) is 19.9. The standard InChI is InChI=1S/C24H36FN3O4/c1-16(2)28(18-9-8-10-26-15-18)22(29)17-13-19(25)21-20(14-17)27(11-6-7-12-31-5)23(30)24(3,4)32-21/h13-14,16,18,26H,6-12,15H2,1-5H3/t18-/m1/s1. The van der Waals surface area contributed by atoms with Crippen molar-refractivity contribution in [3.05, 3.63) is 23.5 Å². The first-order chi connectivity index (χ1) is 15.2. The molecular formula is C24H36FN3O4. The predicted molar refractivity (Wildman–Crippen MR) is 122 cm³/mol. The van der Waals surface area contributed by atoms with Gasteiger partial charge in [0.25, 0.3) is 11.8 Å². The Hall–Kier alpha value is -2.19. The highest BCUT2D eigenvalue weighted by molar-refractivity contribution is 6.04. The third-order valence-electron chi connectivity index (χ3n) is 6.11. The van der Waals surface area contributed by atoms with Crippen LogP contribution in [0.2, 0.25) is 0 Å². The van der Waals surface area contributed by atoms with Gasteiger partial charge in [-0.2, -0.15) is 0 Å². The van der Waals surface area contributed by atoms with Crippen molar-refractivity contribution >= 4 is 17.5 Å². The number of piperidine rings is 1. The Bertz CT molecular complexity index is 837. The molecule has 3 rings (SSSR count). The smallest absolute Gasteiger partial charge is 0.270 e. The zero-order valence-corrected chi connectivity index (χ0v) is 19.9. The van der Waals surface area contributed by atoms with Gasteiger partial charge in [0.05, 0.1) is 5.69 Å². The fraction of sp³-hybridized carbons (Fsp3) is 0.667. The van der Waals surface area contributed by atoms with Crippen LogP contribution in [0.1, 0.15) is 63.7 Å². The molecule has 1 atom stereocenters. The van der Waals surface area contributed by atoms with Gasteiger partial charge in [-0.3, -0.25) is 9.59 Å². The number of methoxy groups -OCH3 is 1. The van der Waals surface area contributed by atoms with E-state index in [1.807, 2.05) is 18.7 Å². The maximum absolute atomic E-state index is 15.2. The van der Waals surface area contributed by atoms with Crippen molar-refractivity contribution in [3.8, 4) is 5.75 Å². The number of nitrogens with one attached hydrogen (secondary N) is 1. The number of anilines is 1. The van der Waals surface area contributed by atoms with Crippen LogP contribution in [0.5, 0.6) is 5.75 Å². The molecule has 2 heterocycles. The lowest BCUT2D eigenvalue weighted by Crippen LogP contribution is -2.53. The number of benzene rings is 1. The molecule has 1 aromatic rings. The molecule has 1 aromatic carbocycles. The van der Waals surface area contributed by atoms with E-state index in [4.69, 9.17) is 9.47 Å². The third kappa shape index (κ3) is 5.07. The van der Waals surface area contributed by atoms with Crippen LogP contribution in [-0.2, 0) is 9.53 Å². The van der Waals surface area contributed by atoms with Crippen molar-refractivity contribution < 1.29 is 23.5 Å². The molecule has 178 valence electrons. The number of amides is 2. The lowest BCUT2D eigenvalue weighted by molar-refractivity contribution is -0.132. The first-order valence-corrected chi connectivity index (χ1v) is 11.5. The molecule has 1 N–H and O–H groups in total. The monoisotopic (exact) mass is 449 g/mol. The van der Waals surface area contributed by atoms with Crippen LogP contribution >= 0.6 is 0 Å². The molecule has 0 spiro atoms. The number of rotatable bonds is 8. The van der Waals surface area contributed by atoms with Crippen molar-refractivity contribution in [2.75, 3.05) is 38.3 Å². The molecule has 7 nitrogen and oxygen atoms in total. The lowest BCUT2D eigenvalue weighted by atomic mass is 10.00. The average molecular weight is 450 g/mol. The minimum absolute atomic E-state index is 0.0216. The Kier molecular flexibility index (Phi) is 7.77. The van der Waals surface area contributed by atoms with E-state index in [0.29, 0.717) is 25.3 Å². The number of ether oxygens (including phenoxy) is 2. The van der Waals surface area contributed by atoms with Gasteiger partial charge in [0.2, 0.25) is 0 Å². The number of hydrogen-bond acceptors (Lipinski definition) is 5. The highest BCUT2D eigenvalue weighted by Gasteiger charge is 2.42. The molecule has 0 unspecified atom stereocenters. The Balaban J connectivity index is 1.96. The Morgan fingerprint density at radius 3 is 2.75 bits per heavy atom. The minimum Gasteiger partial charge on any atom is -0.473 e. The van der Waals surface area contributed by atoms with E-state index < -0.39 is 11.4 Å². The molecule has 2 aliphatic heterocycles. The van der Waals surface area contributed by atoms with Gasteiger partial charge in [-0.25, -0.2) is 4.39 Å². The number of unbranched alkanes of at least 4 members (excludes halogenated alkanes) is 1. The summed E-state index contributed by atoms with van der Waals surface area (Å²) in [5.74, 6) is -1.08. The van der Waals surface area contributed by atoms with E-state index in [1.165, 1.54) is 6.07 Å². The van der Waals surface area contributed by atoms with Crippen molar-refractivity contribution in [1.82, 2.24) is 10.2 Å². The van der Waals surface area contributed by atoms with Crippen molar-refractivity contribution in [2.24, 2.45) is 0 Å². The molecule has 2 aliphatic rings. The molecule has 0 radical (unpaired) electrons. The van der Waals surface area contributed by atoms with Gasteiger partial charge in [0.1, 0.15) is 0 Å². The van der Waals surface area contributed by atoms with Crippen molar-refractivity contribution in [1.29, 1.82) is 0 Å². The van der Waals surface area contributed by atoms with Crippen molar-refractivity contribution in [2.45, 2.75) is 71.1 Å². The topological polar surface area (TPSA) is 71.1 Å². The van der Waals surface area contributed by atoms with Crippen LogP contribution < -0.4 is 15.0 Å². The fourth-order valence-corrected chi connectivity index (χ4v) is 4.52. The van der Waals surface area contributed by atoms with Gasteiger partial charge in [-0.15, -0.1) is 0 Å². The van der Waals surface area contributed by atoms with E-state index >= 15 is 4.39 Å². The minimum atomic E-state index is -1.18. The number of hydrogen-bond donors (Lipinski definition) is 1. The van der Waals surface area contributed by atoms with E-state index in [-0.39, 0.29) is 35.2 Å². The highest BCUT2D eigenvalue weighted by Crippen LogP contribution is 2.41. The molecule has 0 aliphatic carbocycles. The zero-order chi connectivity index (χ0) is 23.5. The molecule has 0 aromatic heterocycles. The number of nitrogens with zero attached hydrogens (tertiary/aromatic N) is 2. The van der Waals surface area contributed by atoms with E-state index in [0.717, 1.165) is 32.4 Å². The number of carbonyl (C=O) groups is 2. The van der Waals surface area contributed by atoms with Crippen LogP contribution in [0, 0.1) is 5.82 Å². The van der Waals surface area contributed by atoms with Gasteiger partial charge in [-0.1, -0.05) is 0 Å². The second kappa shape index (κ2) is 10.2. The predicted octanol–water partition coefficient (Wildman–Crippen LogP) is 3.36. The summed E-state index contributed by atoms with van der Waals surface area (Å²) in [5, 5.41) is 3.34. The first kappa shape index (κ1) is 24.5. The molecule has 1 saturated heterocycles. The van der Waals surface area contributed by atoms with Gasteiger partial charge in [0.15, 0.2) is 17.2 Å². The molecule has 1 fully saturated rings. The van der Waals surface area contributed by atoms with Gasteiger partial charge < -0.3 is 24.6 Å². The summed E-state index contributed by atoms with van der Waals surface area (Å²) in [6, 6.07) is 2.86. The van der Waals surface area contributed by atoms with E-state index in [2.05, 4.69) is 5.32 Å². The van der Waals surface area contributed by atoms with Crippen molar-refractivity contribution in [3.63, 3.8) is 0 Å². The second-order valence-electron chi connectivity index (χ2n) is 9.38. The first-order valence-electron chi connectivity index (χ1n) is 11.5. The summed E-state index contributed by atoms with van der Waals surface area (Å²) < 4.78 is 26.1. The van der Waals surface area contributed by atoms with Crippen LogP contribution in [0.15, 0.2) is 12.1 Å². The lowest BCUT2D eigenvalue weighted by Gasteiger charge is -2.40. The Labute approximate surface area is 190 Å². The molecular weight excluding hydrogens is 413 g/mol. The average Bonchev–Trinajstić information content (AvgIpc) is 2.74. The van der Waals surface area contributed by atoms with Gasteiger partial charge >= 0.3 is 0 Å². The number of carbonyl (C=O) groups excluding carboxylic acids is 2. The SMILES string of the molecule is COCCCCN1C(=O)C(C)(C)Oc2c(F)cc(C(=O)N(C(C)C)[C@@H]3CCCNC3)cc21. The summed E-state index contributed by atoms with van der Waals surface area (Å²) in [6.45, 7) is 9.86. The molecule has 2 amide bonds. The number of fused-ring (bicyclic) bond motifs is 1.